The van der Waals surface area contributed by atoms with Crippen LogP contribution in [0.1, 0.15) is 21.9 Å². The van der Waals surface area contributed by atoms with E-state index in [4.69, 9.17) is 9.84 Å². The lowest BCUT2D eigenvalue weighted by Crippen LogP contribution is -2.43. The molecule has 8 nitrogen and oxygen atoms in total. The van der Waals surface area contributed by atoms with Crippen molar-refractivity contribution in [2.75, 3.05) is 51.5 Å². The van der Waals surface area contributed by atoms with Crippen LogP contribution in [0.3, 0.4) is 0 Å². The molecule has 0 radical (unpaired) electrons. The Morgan fingerprint density at radius 2 is 1.76 bits per heavy atom. The number of carbonyl (C=O) groups is 2. The Labute approximate surface area is 245 Å². The maximum absolute atomic E-state index is 13.8. The van der Waals surface area contributed by atoms with Gasteiger partial charge in [0.1, 0.15) is 18.1 Å². The summed E-state index contributed by atoms with van der Waals surface area (Å²) in [4.78, 5) is 30.6. The number of rotatable bonds is 9. The van der Waals surface area contributed by atoms with Crippen molar-refractivity contribution in [3.05, 3.63) is 95.6 Å². The first-order valence-corrected chi connectivity index (χ1v) is 14.6. The van der Waals surface area contributed by atoms with E-state index in [9.17, 15) is 9.59 Å². The van der Waals surface area contributed by atoms with Gasteiger partial charge in [-0.2, -0.15) is 5.10 Å². The Kier molecular flexibility index (Phi) is 8.75. The molecule has 1 aliphatic heterocycles. The van der Waals surface area contributed by atoms with Crippen LogP contribution in [-0.2, 0) is 9.59 Å². The number of aromatic nitrogens is 2. The molecular weight excluding hydrogens is 534 g/mol. The number of likely N-dealkylation sites (N-methyl/N-ethyl adjacent to an activating group) is 1. The number of nitrogens with one attached hydrogen (secondary N) is 1. The molecule has 0 saturated carbocycles. The summed E-state index contributed by atoms with van der Waals surface area (Å²) in [7, 11) is 5.54. The molecule has 41 heavy (non-hydrogen) atoms. The Morgan fingerprint density at radius 1 is 1.05 bits per heavy atom. The highest BCUT2D eigenvalue weighted by Crippen LogP contribution is 2.49. The van der Waals surface area contributed by atoms with E-state index in [2.05, 4.69) is 24.4 Å². The first-order valence-electron chi connectivity index (χ1n) is 13.6. The molecule has 0 saturated heterocycles. The van der Waals surface area contributed by atoms with E-state index < -0.39 is 0 Å². The smallest absolute Gasteiger partial charge is 0.240 e. The first kappa shape index (κ1) is 28.4. The van der Waals surface area contributed by atoms with Crippen LogP contribution in [0.15, 0.2) is 78.9 Å². The summed E-state index contributed by atoms with van der Waals surface area (Å²) in [5.41, 5.74) is 5.67. The van der Waals surface area contributed by atoms with Crippen LogP contribution in [0.2, 0.25) is 0 Å². The van der Waals surface area contributed by atoms with Gasteiger partial charge in [0.05, 0.1) is 29.5 Å². The van der Waals surface area contributed by atoms with Crippen LogP contribution in [-0.4, -0.2) is 73.1 Å². The van der Waals surface area contributed by atoms with Crippen LogP contribution in [0.25, 0.3) is 16.9 Å². The molecule has 0 aliphatic carbocycles. The number of amides is 2. The van der Waals surface area contributed by atoms with Crippen molar-refractivity contribution in [1.82, 2.24) is 20.0 Å². The molecule has 1 N–H and O–H groups in total. The second-order valence-corrected chi connectivity index (χ2v) is 11.3. The molecule has 212 valence electrons. The maximum Gasteiger partial charge on any atom is 0.240 e. The van der Waals surface area contributed by atoms with Crippen LogP contribution >= 0.6 is 11.8 Å². The summed E-state index contributed by atoms with van der Waals surface area (Å²) in [6.45, 7) is 3.19. The van der Waals surface area contributed by atoms with Crippen molar-refractivity contribution in [2.45, 2.75) is 12.2 Å². The first-order chi connectivity index (χ1) is 19.9. The van der Waals surface area contributed by atoms with E-state index >= 15 is 0 Å². The lowest BCUT2D eigenvalue weighted by molar-refractivity contribution is -0.122. The number of nitrogens with zero attached hydrogens (tertiary/aromatic N) is 4. The number of ether oxygens (including phenoxy) is 1. The highest BCUT2D eigenvalue weighted by Gasteiger charge is 2.38. The second-order valence-electron chi connectivity index (χ2n) is 10.2. The number of aryl methyl sites for hydroxylation is 1. The zero-order chi connectivity index (χ0) is 28.9. The van der Waals surface area contributed by atoms with E-state index in [0.717, 1.165) is 39.4 Å². The predicted molar refractivity (Wildman–Crippen MR) is 165 cm³/mol. The number of thioether (sulfide) groups is 1. The number of benzene rings is 3. The van der Waals surface area contributed by atoms with Crippen molar-refractivity contribution in [1.29, 1.82) is 0 Å². The normalized spacial score (nSPS) is 15.0. The number of hydrogen-bond donors (Lipinski definition) is 1. The second kappa shape index (κ2) is 12.6. The number of carbonyl (C=O) groups excluding carboxylic acids is 2. The molecule has 0 bridgehead atoms. The van der Waals surface area contributed by atoms with Crippen LogP contribution in [0, 0.1) is 6.92 Å². The monoisotopic (exact) mass is 569 g/mol. The van der Waals surface area contributed by atoms with Gasteiger partial charge in [-0.05, 0) is 56.4 Å². The van der Waals surface area contributed by atoms with Crippen LogP contribution in [0.5, 0.6) is 5.75 Å². The van der Waals surface area contributed by atoms with Gasteiger partial charge in [0.15, 0.2) is 0 Å². The molecule has 0 unspecified atom stereocenters. The molecule has 1 aliphatic rings. The van der Waals surface area contributed by atoms with Gasteiger partial charge in [-0.1, -0.05) is 54.6 Å². The van der Waals surface area contributed by atoms with Crippen molar-refractivity contribution in [3.8, 4) is 22.7 Å². The summed E-state index contributed by atoms with van der Waals surface area (Å²) in [5, 5.41) is 7.95. The molecule has 3 aromatic carbocycles. The minimum Gasteiger partial charge on any atom is -0.497 e. The standard InChI is InChI=1S/C32H35N5O3S/c1-22-10-8-9-13-26(22)31-29-30(23-11-6-5-7-12-23)34-37(24-14-16-25(40-4)17-15-24)32(29)36(28(39)21-41-31)20-27(38)33-18-19-35(2)3/h5-17,31H,18-21H2,1-4H3,(H,33,38)/t31-/m0/s1. The third-order valence-electron chi connectivity index (χ3n) is 7.11. The van der Waals surface area contributed by atoms with E-state index in [-0.39, 0.29) is 29.4 Å². The van der Waals surface area contributed by atoms with Crippen LogP contribution in [0.4, 0.5) is 5.82 Å². The fraction of sp³-hybridized carbons (Fsp3) is 0.281. The topological polar surface area (TPSA) is 79.7 Å². The minimum atomic E-state index is -0.214. The van der Waals surface area contributed by atoms with Gasteiger partial charge < -0.3 is 15.0 Å². The molecule has 5 rings (SSSR count). The summed E-state index contributed by atoms with van der Waals surface area (Å²) >= 11 is 1.58. The maximum atomic E-state index is 13.8. The molecular formula is C32H35N5O3S. The van der Waals surface area contributed by atoms with Crippen molar-refractivity contribution >= 4 is 29.4 Å². The summed E-state index contributed by atoms with van der Waals surface area (Å²) in [5.74, 6) is 1.21. The molecule has 2 heterocycles. The molecule has 0 fully saturated rings. The van der Waals surface area contributed by atoms with E-state index in [0.29, 0.717) is 18.9 Å². The third-order valence-corrected chi connectivity index (χ3v) is 8.34. The van der Waals surface area contributed by atoms with Crippen molar-refractivity contribution in [3.63, 3.8) is 0 Å². The number of hydrogen-bond acceptors (Lipinski definition) is 6. The highest BCUT2D eigenvalue weighted by molar-refractivity contribution is 8.00. The number of methoxy groups -OCH3 is 1. The van der Waals surface area contributed by atoms with Gasteiger partial charge in [0.2, 0.25) is 11.8 Å². The van der Waals surface area contributed by atoms with Gasteiger partial charge in [-0.25, -0.2) is 4.68 Å². The summed E-state index contributed by atoms with van der Waals surface area (Å²) < 4.78 is 7.20. The van der Waals surface area contributed by atoms with Crippen LogP contribution < -0.4 is 15.0 Å². The molecule has 2 amide bonds. The quantitative estimate of drug-likeness (QED) is 0.315. The zero-order valence-corrected chi connectivity index (χ0v) is 24.6. The highest BCUT2D eigenvalue weighted by atomic mass is 32.2. The van der Waals surface area contributed by atoms with Gasteiger partial charge in [0, 0.05) is 24.2 Å². The summed E-state index contributed by atoms with van der Waals surface area (Å²) in [6.07, 6.45) is 0. The zero-order valence-electron chi connectivity index (χ0n) is 23.8. The van der Waals surface area contributed by atoms with E-state index in [1.54, 1.807) is 28.5 Å². The van der Waals surface area contributed by atoms with Gasteiger partial charge in [-0.3, -0.25) is 14.5 Å². The van der Waals surface area contributed by atoms with Gasteiger partial charge in [0.25, 0.3) is 0 Å². The number of anilines is 1. The van der Waals surface area contributed by atoms with Crippen molar-refractivity contribution in [2.24, 2.45) is 0 Å². The van der Waals surface area contributed by atoms with Gasteiger partial charge in [-0.15, -0.1) is 11.8 Å². The predicted octanol–water partition coefficient (Wildman–Crippen LogP) is 4.70. The lowest BCUT2D eigenvalue weighted by Gasteiger charge is -2.23. The fourth-order valence-electron chi connectivity index (χ4n) is 4.98. The van der Waals surface area contributed by atoms with E-state index in [1.165, 1.54) is 0 Å². The fourth-order valence-corrected chi connectivity index (χ4v) is 6.27. The average molecular weight is 570 g/mol. The number of fused-ring (bicyclic) bond motifs is 1. The largest absolute Gasteiger partial charge is 0.497 e. The molecule has 1 atom stereocenters. The average Bonchev–Trinajstić information content (AvgIpc) is 3.31. The SMILES string of the molecule is COc1ccc(-n2nc(-c3ccccc3)c3c2N(CC(=O)NCCN(C)C)C(=O)CS[C@H]3c2ccccc2C)cc1. The minimum absolute atomic E-state index is 0.101. The van der Waals surface area contributed by atoms with E-state index in [1.807, 2.05) is 85.7 Å². The molecule has 1 aromatic heterocycles. The molecule has 4 aromatic rings. The molecule has 0 spiro atoms. The third kappa shape index (κ3) is 6.16. The Bertz CT molecular complexity index is 1520. The Balaban J connectivity index is 1.73. The Hall–Kier alpha value is -4.08. The molecule has 9 heteroatoms. The Morgan fingerprint density at radius 3 is 2.44 bits per heavy atom. The summed E-state index contributed by atoms with van der Waals surface area (Å²) in [6, 6.07) is 25.9. The van der Waals surface area contributed by atoms with Gasteiger partial charge >= 0.3 is 0 Å². The lowest BCUT2D eigenvalue weighted by atomic mass is 9.97. The van der Waals surface area contributed by atoms with Crippen molar-refractivity contribution < 1.29 is 14.3 Å².